The van der Waals surface area contributed by atoms with Crippen LogP contribution in [-0.4, -0.2) is 20.4 Å². The highest BCUT2D eigenvalue weighted by molar-refractivity contribution is 7.89. The number of hydrogen-bond acceptors (Lipinski definition) is 4. The van der Waals surface area contributed by atoms with Crippen molar-refractivity contribution in [1.82, 2.24) is 10.2 Å². The number of nitrogens with two attached hydrogens (primary N) is 1. The van der Waals surface area contributed by atoms with Crippen molar-refractivity contribution in [2.24, 2.45) is 5.14 Å². The molecule has 0 saturated heterocycles. The van der Waals surface area contributed by atoms with E-state index in [0.717, 1.165) is 25.2 Å². The molecule has 3 rings (SSSR count). The van der Waals surface area contributed by atoms with Crippen LogP contribution in [0.5, 0.6) is 0 Å². The van der Waals surface area contributed by atoms with Gasteiger partial charge in [-0.3, -0.25) is 4.90 Å². The van der Waals surface area contributed by atoms with Crippen LogP contribution in [0.25, 0.3) is 0 Å². The van der Waals surface area contributed by atoms with Crippen molar-refractivity contribution in [2.75, 3.05) is 7.05 Å². The van der Waals surface area contributed by atoms with Gasteiger partial charge in [0.1, 0.15) is 0 Å². The summed E-state index contributed by atoms with van der Waals surface area (Å²) >= 11 is 0. The topological polar surface area (TPSA) is 75.4 Å². The van der Waals surface area contributed by atoms with Gasteiger partial charge in [-0.15, -0.1) is 0 Å². The minimum atomic E-state index is -3.69. The second-order valence-corrected chi connectivity index (χ2v) is 7.56. The first-order valence-corrected chi connectivity index (χ1v) is 9.09. The first kappa shape index (κ1) is 16.1. The maximum atomic E-state index is 11.7. The summed E-state index contributed by atoms with van der Waals surface area (Å²) in [6.45, 7) is 3.14. The van der Waals surface area contributed by atoms with Crippen molar-refractivity contribution < 1.29 is 8.42 Å². The lowest BCUT2D eigenvalue weighted by Gasteiger charge is -2.19. The van der Waals surface area contributed by atoms with Crippen molar-refractivity contribution in [3.8, 4) is 0 Å². The van der Waals surface area contributed by atoms with Crippen molar-refractivity contribution in [3.63, 3.8) is 0 Å². The van der Waals surface area contributed by atoms with Gasteiger partial charge < -0.3 is 5.32 Å². The summed E-state index contributed by atoms with van der Waals surface area (Å²) in [5.41, 5.74) is 4.65. The third kappa shape index (κ3) is 3.79. The Morgan fingerprint density at radius 1 is 1.09 bits per heavy atom. The molecule has 5 nitrogen and oxygen atoms in total. The van der Waals surface area contributed by atoms with Crippen LogP contribution < -0.4 is 10.5 Å². The van der Waals surface area contributed by atoms with Crippen LogP contribution in [0.4, 0.5) is 0 Å². The van der Waals surface area contributed by atoms with E-state index in [1.807, 2.05) is 19.2 Å². The number of fused-ring (bicyclic) bond motifs is 1. The number of primary sulfonamides is 1. The van der Waals surface area contributed by atoms with Gasteiger partial charge in [-0.2, -0.15) is 0 Å². The molecule has 0 aromatic heterocycles. The third-order valence-electron chi connectivity index (χ3n) is 4.07. The number of rotatable bonds is 5. The number of nitrogens with zero attached hydrogens (tertiary/aromatic N) is 1. The van der Waals surface area contributed by atoms with E-state index in [1.165, 1.54) is 16.7 Å². The first-order valence-electron chi connectivity index (χ1n) is 7.54. The number of nitrogens with one attached hydrogen (secondary N) is 1. The highest BCUT2D eigenvalue weighted by Gasteiger charge is 2.15. The molecule has 6 heteroatoms. The van der Waals surface area contributed by atoms with Gasteiger partial charge in [-0.25, -0.2) is 13.6 Å². The molecule has 3 N–H and O–H groups in total. The molecule has 0 saturated carbocycles. The van der Waals surface area contributed by atoms with Crippen molar-refractivity contribution >= 4 is 10.0 Å². The summed E-state index contributed by atoms with van der Waals surface area (Å²) in [5.74, 6) is 0. The summed E-state index contributed by atoms with van der Waals surface area (Å²) in [4.78, 5) is 2.29. The lowest BCUT2D eigenvalue weighted by Crippen LogP contribution is -2.21. The Bertz CT molecular complexity index is 818. The first-order chi connectivity index (χ1) is 10.9. The number of sulfonamides is 1. The molecule has 0 atom stereocenters. The Kier molecular flexibility index (Phi) is 4.50. The molecule has 0 bridgehead atoms. The zero-order valence-corrected chi connectivity index (χ0v) is 13.9. The van der Waals surface area contributed by atoms with Gasteiger partial charge in [0.05, 0.1) is 4.90 Å². The quantitative estimate of drug-likeness (QED) is 0.872. The predicted octanol–water partition coefficient (Wildman–Crippen LogP) is 1.57. The summed E-state index contributed by atoms with van der Waals surface area (Å²) < 4.78 is 23.3. The molecule has 1 aliphatic heterocycles. The molecule has 0 amide bonds. The zero-order valence-electron chi connectivity index (χ0n) is 13.1. The summed E-state index contributed by atoms with van der Waals surface area (Å²) in [5, 5.41) is 8.63. The highest BCUT2D eigenvalue weighted by Crippen LogP contribution is 2.20. The van der Waals surface area contributed by atoms with Gasteiger partial charge >= 0.3 is 0 Å². The fourth-order valence-corrected chi connectivity index (χ4v) is 3.78. The smallest absolute Gasteiger partial charge is 0.238 e. The molecule has 2 aromatic carbocycles. The Balaban J connectivity index is 1.74. The van der Waals surface area contributed by atoms with Gasteiger partial charge in [0.25, 0.3) is 0 Å². The third-order valence-corrected chi connectivity index (χ3v) is 5.08. The molecule has 2 aromatic rings. The van der Waals surface area contributed by atoms with Crippen molar-refractivity contribution in [3.05, 3.63) is 64.7 Å². The van der Waals surface area contributed by atoms with E-state index < -0.39 is 10.0 Å². The monoisotopic (exact) mass is 331 g/mol. The second-order valence-electron chi connectivity index (χ2n) is 6.03. The van der Waals surface area contributed by atoms with Crippen LogP contribution in [0.3, 0.4) is 0 Å². The number of hydrogen-bond donors (Lipinski definition) is 2. The molecule has 1 aliphatic rings. The van der Waals surface area contributed by atoms with Gasteiger partial charge in [0.15, 0.2) is 0 Å². The van der Waals surface area contributed by atoms with E-state index in [2.05, 4.69) is 28.4 Å². The van der Waals surface area contributed by atoms with Crippen LogP contribution in [0.1, 0.15) is 22.3 Å². The minimum absolute atomic E-state index is 0.199. The van der Waals surface area contributed by atoms with Crippen LogP contribution in [0.15, 0.2) is 47.4 Å². The Morgan fingerprint density at radius 3 is 2.61 bits per heavy atom. The molecule has 122 valence electrons. The normalized spacial score (nSPS) is 14.2. The fraction of sp³-hybridized carbons (Fsp3) is 0.294. The molecular weight excluding hydrogens is 310 g/mol. The molecule has 0 spiro atoms. The van der Waals surface area contributed by atoms with E-state index >= 15 is 0 Å². The largest absolute Gasteiger partial charge is 0.309 e. The minimum Gasteiger partial charge on any atom is -0.309 e. The molecular formula is C17H21N3O2S. The summed E-state index contributed by atoms with van der Waals surface area (Å²) in [6, 6.07) is 13.4. The Hall–Kier alpha value is -1.73. The zero-order chi connectivity index (χ0) is 16.4. The fourth-order valence-electron chi connectivity index (χ4n) is 3.02. The van der Waals surface area contributed by atoms with E-state index in [0.29, 0.717) is 6.54 Å². The van der Waals surface area contributed by atoms with Gasteiger partial charge in [0.2, 0.25) is 10.0 Å². The van der Waals surface area contributed by atoms with E-state index in [-0.39, 0.29) is 4.90 Å². The highest BCUT2D eigenvalue weighted by atomic mass is 32.2. The Labute approximate surface area is 137 Å². The van der Waals surface area contributed by atoms with Crippen LogP contribution >= 0.6 is 0 Å². The maximum Gasteiger partial charge on any atom is 0.238 e. The average molecular weight is 331 g/mol. The molecule has 23 heavy (non-hydrogen) atoms. The summed E-state index contributed by atoms with van der Waals surface area (Å²) in [6.07, 6.45) is 0. The predicted molar refractivity (Wildman–Crippen MR) is 90.0 cm³/mol. The molecule has 0 radical (unpaired) electrons. The van der Waals surface area contributed by atoms with E-state index in [9.17, 15) is 8.42 Å². The van der Waals surface area contributed by atoms with Gasteiger partial charge in [0, 0.05) is 26.2 Å². The Morgan fingerprint density at radius 2 is 1.83 bits per heavy atom. The summed E-state index contributed by atoms with van der Waals surface area (Å²) in [7, 11) is -1.72. The molecule has 0 aliphatic carbocycles. The van der Waals surface area contributed by atoms with Crippen molar-refractivity contribution in [2.45, 2.75) is 31.1 Å². The molecule has 1 heterocycles. The molecule has 0 fully saturated rings. The van der Waals surface area contributed by atoms with Crippen molar-refractivity contribution in [1.29, 1.82) is 0 Å². The lowest BCUT2D eigenvalue weighted by molar-refractivity contribution is 0.316. The van der Waals surface area contributed by atoms with Crippen LogP contribution in [0, 0.1) is 0 Å². The SMILES string of the molecule is CN(Cc1ccc2c(c1)CNC2)Cc1ccccc1S(N)(=O)=O. The maximum absolute atomic E-state index is 11.7. The van der Waals surface area contributed by atoms with Crippen LogP contribution in [0.2, 0.25) is 0 Å². The van der Waals surface area contributed by atoms with E-state index in [4.69, 9.17) is 5.14 Å². The number of benzene rings is 2. The van der Waals surface area contributed by atoms with Gasteiger partial charge in [-0.05, 0) is 35.4 Å². The van der Waals surface area contributed by atoms with Gasteiger partial charge in [-0.1, -0.05) is 36.4 Å². The van der Waals surface area contributed by atoms with E-state index in [1.54, 1.807) is 12.1 Å². The van der Waals surface area contributed by atoms with Crippen LogP contribution in [-0.2, 0) is 36.2 Å². The standard InChI is InChI=1S/C17H21N3O2S/c1-20(11-13-6-7-14-9-19-10-16(14)8-13)12-15-4-2-3-5-17(15)23(18,21)22/h2-8,19H,9-12H2,1H3,(H2,18,21,22). The molecule has 0 unspecified atom stereocenters. The lowest BCUT2D eigenvalue weighted by atomic mass is 10.1. The average Bonchev–Trinajstić information content (AvgIpc) is 2.94. The second kappa shape index (κ2) is 6.41.